The van der Waals surface area contributed by atoms with Gasteiger partial charge < -0.3 is 10.5 Å². The molecule has 0 bridgehead atoms. The SMILES string of the molecule is CC(C)c1ccccc1Oc1ccc(F)cc1CCN. The molecule has 2 aromatic carbocycles. The van der Waals surface area contributed by atoms with Gasteiger partial charge in [0.05, 0.1) is 0 Å². The van der Waals surface area contributed by atoms with Crippen LogP contribution in [0.2, 0.25) is 0 Å². The Morgan fingerprint density at radius 2 is 1.85 bits per heavy atom. The van der Waals surface area contributed by atoms with Gasteiger partial charge in [-0.2, -0.15) is 0 Å². The molecule has 0 aliphatic rings. The Kier molecular flexibility index (Phi) is 4.74. The van der Waals surface area contributed by atoms with Crippen molar-refractivity contribution in [2.45, 2.75) is 26.2 Å². The second kappa shape index (κ2) is 6.53. The maximum Gasteiger partial charge on any atom is 0.130 e. The van der Waals surface area contributed by atoms with Gasteiger partial charge >= 0.3 is 0 Å². The molecule has 2 aromatic rings. The summed E-state index contributed by atoms with van der Waals surface area (Å²) >= 11 is 0. The Morgan fingerprint density at radius 1 is 1.10 bits per heavy atom. The molecule has 2 rings (SSSR count). The van der Waals surface area contributed by atoms with Gasteiger partial charge in [-0.05, 0) is 54.3 Å². The summed E-state index contributed by atoms with van der Waals surface area (Å²) in [5.74, 6) is 1.58. The van der Waals surface area contributed by atoms with Gasteiger partial charge in [0.2, 0.25) is 0 Å². The van der Waals surface area contributed by atoms with Crippen molar-refractivity contribution < 1.29 is 9.13 Å². The molecule has 0 heterocycles. The van der Waals surface area contributed by atoms with Crippen molar-refractivity contribution >= 4 is 0 Å². The van der Waals surface area contributed by atoms with Gasteiger partial charge in [-0.15, -0.1) is 0 Å². The molecule has 106 valence electrons. The highest BCUT2D eigenvalue weighted by atomic mass is 19.1. The number of hydrogen-bond donors (Lipinski definition) is 1. The lowest BCUT2D eigenvalue weighted by molar-refractivity contribution is 0.465. The third kappa shape index (κ3) is 3.36. The maximum absolute atomic E-state index is 13.3. The Balaban J connectivity index is 2.35. The Labute approximate surface area is 119 Å². The zero-order valence-electron chi connectivity index (χ0n) is 11.9. The predicted molar refractivity (Wildman–Crippen MR) is 79.8 cm³/mol. The van der Waals surface area contributed by atoms with Crippen LogP contribution in [0.5, 0.6) is 11.5 Å². The molecule has 2 nitrogen and oxygen atoms in total. The van der Waals surface area contributed by atoms with Crippen LogP contribution in [-0.4, -0.2) is 6.54 Å². The van der Waals surface area contributed by atoms with Gasteiger partial charge in [0, 0.05) is 0 Å². The van der Waals surface area contributed by atoms with Crippen LogP contribution in [0.4, 0.5) is 4.39 Å². The molecule has 0 amide bonds. The lowest BCUT2D eigenvalue weighted by atomic mass is 10.0. The molecular weight excluding hydrogens is 253 g/mol. The van der Waals surface area contributed by atoms with Crippen LogP contribution in [0.15, 0.2) is 42.5 Å². The summed E-state index contributed by atoms with van der Waals surface area (Å²) < 4.78 is 19.3. The summed E-state index contributed by atoms with van der Waals surface area (Å²) in [4.78, 5) is 0. The summed E-state index contributed by atoms with van der Waals surface area (Å²) in [6.45, 7) is 4.70. The third-order valence-electron chi connectivity index (χ3n) is 3.20. The van der Waals surface area contributed by atoms with Crippen molar-refractivity contribution in [1.82, 2.24) is 0 Å². The van der Waals surface area contributed by atoms with Gasteiger partial charge in [-0.25, -0.2) is 4.39 Å². The van der Waals surface area contributed by atoms with E-state index in [0.29, 0.717) is 24.6 Å². The zero-order chi connectivity index (χ0) is 14.5. The molecule has 0 atom stereocenters. The van der Waals surface area contributed by atoms with E-state index in [2.05, 4.69) is 13.8 Å². The number of para-hydroxylation sites is 1. The van der Waals surface area contributed by atoms with E-state index in [1.165, 1.54) is 12.1 Å². The molecule has 0 aromatic heterocycles. The van der Waals surface area contributed by atoms with Crippen molar-refractivity contribution in [2.75, 3.05) is 6.54 Å². The maximum atomic E-state index is 13.3. The van der Waals surface area contributed by atoms with Gasteiger partial charge in [-0.1, -0.05) is 32.0 Å². The average Bonchev–Trinajstić information content (AvgIpc) is 2.42. The molecule has 0 aliphatic heterocycles. The van der Waals surface area contributed by atoms with Crippen LogP contribution in [0.3, 0.4) is 0 Å². The monoisotopic (exact) mass is 273 g/mol. The van der Waals surface area contributed by atoms with Crippen molar-refractivity contribution in [3.8, 4) is 11.5 Å². The highest BCUT2D eigenvalue weighted by molar-refractivity contribution is 5.42. The van der Waals surface area contributed by atoms with Gasteiger partial charge in [0.15, 0.2) is 0 Å². The van der Waals surface area contributed by atoms with Crippen molar-refractivity contribution in [1.29, 1.82) is 0 Å². The smallest absolute Gasteiger partial charge is 0.130 e. The quantitative estimate of drug-likeness (QED) is 0.884. The van der Waals surface area contributed by atoms with E-state index in [4.69, 9.17) is 10.5 Å². The lowest BCUT2D eigenvalue weighted by Crippen LogP contribution is -2.05. The summed E-state index contributed by atoms with van der Waals surface area (Å²) in [5.41, 5.74) is 7.51. The van der Waals surface area contributed by atoms with Gasteiger partial charge in [-0.3, -0.25) is 0 Å². The van der Waals surface area contributed by atoms with Crippen LogP contribution in [0.1, 0.15) is 30.9 Å². The van der Waals surface area contributed by atoms with Crippen LogP contribution < -0.4 is 10.5 Å². The van der Waals surface area contributed by atoms with E-state index in [1.54, 1.807) is 6.07 Å². The van der Waals surface area contributed by atoms with Crippen molar-refractivity contribution in [3.63, 3.8) is 0 Å². The second-order valence-corrected chi connectivity index (χ2v) is 5.09. The van der Waals surface area contributed by atoms with Crippen LogP contribution in [-0.2, 0) is 6.42 Å². The van der Waals surface area contributed by atoms with E-state index >= 15 is 0 Å². The van der Waals surface area contributed by atoms with Crippen LogP contribution >= 0.6 is 0 Å². The van der Waals surface area contributed by atoms with E-state index in [9.17, 15) is 4.39 Å². The summed E-state index contributed by atoms with van der Waals surface area (Å²) in [6, 6.07) is 12.5. The Hall–Kier alpha value is -1.87. The molecule has 0 radical (unpaired) electrons. The highest BCUT2D eigenvalue weighted by Crippen LogP contribution is 2.32. The average molecular weight is 273 g/mol. The van der Waals surface area contributed by atoms with Crippen LogP contribution in [0, 0.1) is 5.82 Å². The Morgan fingerprint density at radius 3 is 2.55 bits per heavy atom. The first-order valence-corrected chi connectivity index (χ1v) is 6.87. The van der Waals surface area contributed by atoms with Crippen molar-refractivity contribution in [2.24, 2.45) is 5.73 Å². The molecule has 0 unspecified atom stereocenters. The number of benzene rings is 2. The van der Waals surface area contributed by atoms with Crippen molar-refractivity contribution in [3.05, 3.63) is 59.4 Å². The predicted octanol–water partition coefficient (Wildman–Crippen LogP) is 4.24. The molecule has 2 N–H and O–H groups in total. The number of ether oxygens (including phenoxy) is 1. The second-order valence-electron chi connectivity index (χ2n) is 5.09. The Bertz CT molecular complexity index is 581. The largest absolute Gasteiger partial charge is 0.457 e. The van der Waals surface area contributed by atoms with E-state index in [1.807, 2.05) is 24.3 Å². The molecule has 20 heavy (non-hydrogen) atoms. The number of nitrogens with two attached hydrogens (primary N) is 1. The fraction of sp³-hybridized carbons (Fsp3) is 0.294. The zero-order valence-corrected chi connectivity index (χ0v) is 11.9. The molecule has 0 saturated carbocycles. The van der Waals surface area contributed by atoms with E-state index < -0.39 is 0 Å². The molecule has 3 heteroatoms. The molecule has 0 fully saturated rings. The molecule has 0 aliphatic carbocycles. The minimum Gasteiger partial charge on any atom is -0.457 e. The van der Waals surface area contributed by atoms with E-state index in [-0.39, 0.29) is 5.82 Å². The fourth-order valence-electron chi connectivity index (χ4n) is 2.17. The molecule has 0 spiro atoms. The topological polar surface area (TPSA) is 35.2 Å². The first kappa shape index (κ1) is 14.5. The summed E-state index contributed by atoms with van der Waals surface area (Å²) in [6.07, 6.45) is 0.594. The lowest BCUT2D eigenvalue weighted by Gasteiger charge is -2.16. The summed E-state index contributed by atoms with van der Waals surface area (Å²) in [7, 11) is 0. The minimum absolute atomic E-state index is 0.266. The van der Waals surface area contributed by atoms with Crippen LogP contribution in [0.25, 0.3) is 0 Å². The van der Waals surface area contributed by atoms with Gasteiger partial charge in [0.25, 0.3) is 0 Å². The fourth-order valence-corrected chi connectivity index (χ4v) is 2.17. The standard InChI is InChI=1S/C17H20FNO/c1-12(2)15-5-3-4-6-17(15)20-16-8-7-14(18)11-13(16)9-10-19/h3-8,11-12H,9-10,19H2,1-2H3. The van der Waals surface area contributed by atoms with E-state index in [0.717, 1.165) is 16.9 Å². The normalized spacial score (nSPS) is 10.8. The first-order chi connectivity index (χ1) is 9.61. The number of halogens is 1. The third-order valence-corrected chi connectivity index (χ3v) is 3.20. The first-order valence-electron chi connectivity index (χ1n) is 6.87. The minimum atomic E-state index is -0.266. The summed E-state index contributed by atoms with van der Waals surface area (Å²) in [5, 5.41) is 0. The molecular formula is C17H20FNO. The highest BCUT2D eigenvalue weighted by Gasteiger charge is 2.11. The van der Waals surface area contributed by atoms with Gasteiger partial charge in [0.1, 0.15) is 17.3 Å². The number of rotatable bonds is 5. The number of hydrogen-bond acceptors (Lipinski definition) is 2. The molecule has 0 saturated heterocycles.